The molecule has 1 aliphatic rings. The molecule has 5 rings (SSSR count). The molecule has 0 aliphatic carbocycles. The molecule has 1 aliphatic heterocycles. The summed E-state index contributed by atoms with van der Waals surface area (Å²) in [5.74, 6) is 2.38. The van der Waals surface area contributed by atoms with Gasteiger partial charge in [0, 0.05) is 37.3 Å². The molecule has 4 aromatic rings. The van der Waals surface area contributed by atoms with Crippen molar-refractivity contribution >= 4 is 22.6 Å². The van der Waals surface area contributed by atoms with Crippen molar-refractivity contribution < 1.29 is 28.8 Å². The number of methoxy groups -OCH3 is 1. The van der Waals surface area contributed by atoms with Gasteiger partial charge in [0.2, 0.25) is 0 Å². The van der Waals surface area contributed by atoms with Gasteiger partial charge < -0.3 is 33.9 Å². The van der Waals surface area contributed by atoms with Crippen LogP contribution >= 0.6 is 0 Å². The number of ether oxygens (including phenoxy) is 4. The first-order chi connectivity index (χ1) is 20.1. The second-order valence-corrected chi connectivity index (χ2v) is 9.96. The minimum absolute atomic E-state index is 0.126. The molecular weight excluding hydrogens is 520 g/mol. The Labute approximate surface area is 240 Å². The van der Waals surface area contributed by atoms with Crippen LogP contribution in [-0.4, -0.2) is 68.7 Å². The predicted octanol–water partition coefficient (Wildman–Crippen LogP) is 6.08. The lowest BCUT2D eigenvalue weighted by molar-refractivity contribution is 0.105. The van der Waals surface area contributed by atoms with Crippen LogP contribution in [0.4, 0.5) is 10.5 Å². The molecule has 0 bridgehead atoms. The van der Waals surface area contributed by atoms with Gasteiger partial charge in [-0.05, 0) is 53.2 Å². The highest BCUT2D eigenvalue weighted by Crippen LogP contribution is 2.26. The summed E-state index contributed by atoms with van der Waals surface area (Å²) < 4.78 is 23.3. The average molecular weight is 557 g/mol. The molecular formula is C33H36N2O6. The van der Waals surface area contributed by atoms with Gasteiger partial charge in [-0.15, -0.1) is 0 Å². The molecule has 41 heavy (non-hydrogen) atoms. The molecule has 0 aromatic heterocycles. The van der Waals surface area contributed by atoms with Gasteiger partial charge in [0.05, 0.1) is 33.0 Å². The van der Waals surface area contributed by atoms with Crippen molar-refractivity contribution in [2.24, 2.45) is 0 Å². The van der Waals surface area contributed by atoms with E-state index in [1.54, 1.807) is 7.11 Å². The van der Waals surface area contributed by atoms with Crippen LogP contribution < -0.4 is 19.1 Å². The fourth-order valence-corrected chi connectivity index (χ4v) is 5.05. The number of benzene rings is 4. The number of hydrogen-bond acceptors (Lipinski definition) is 6. The molecule has 1 N–H and O–H groups in total. The molecule has 4 aromatic carbocycles. The largest absolute Gasteiger partial charge is 0.496 e. The maximum atomic E-state index is 11.7. The van der Waals surface area contributed by atoms with Crippen LogP contribution in [0.2, 0.25) is 0 Å². The molecule has 0 unspecified atom stereocenters. The van der Waals surface area contributed by atoms with Crippen molar-refractivity contribution in [2.75, 3.05) is 51.5 Å². The summed E-state index contributed by atoms with van der Waals surface area (Å²) in [5, 5.41) is 11.9. The normalized spacial score (nSPS) is 15.1. The minimum Gasteiger partial charge on any atom is -0.496 e. The number of hydrogen-bond donors (Lipinski definition) is 1. The Morgan fingerprint density at radius 2 is 1.61 bits per heavy atom. The van der Waals surface area contributed by atoms with Gasteiger partial charge in [0.1, 0.15) is 23.9 Å². The van der Waals surface area contributed by atoms with Crippen LogP contribution in [0.25, 0.3) is 10.8 Å². The van der Waals surface area contributed by atoms with E-state index in [0.29, 0.717) is 46.1 Å². The van der Waals surface area contributed by atoms with Gasteiger partial charge in [-0.2, -0.15) is 0 Å². The standard InChI is InChI=1S/C33H36N2O6/c1-38-32-10-5-4-9-27(32)23-39-19-6-20-40-30-15-12-28(13-16-30)35-18-17-34(33(36)37)22-29(35)24-41-31-14-11-25-7-2-3-8-26(25)21-31/h2-5,7-16,21,29H,6,17-20,22-24H2,1H3,(H,36,37)/t29-/m1/s1. The third-order valence-electron chi connectivity index (χ3n) is 7.24. The lowest BCUT2D eigenvalue weighted by Crippen LogP contribution is -2.56. The van der Waals surface area contributed by atoms with E-state index in [-0.39, 0.29) is 6.04 Å². The van der Waals surface area contributed by atoms with Crippen molar-refractivity contribution in [1.29, 1.82) is 0 Å². The first-order valence-corrected chi connectivity index (χ1v) is 13.9. The summed E-state index contributed by atoms with van der Waals surface area (Å²) in [7, 11) is 1.66. The number of amides is 1. The summed E-state index contributed by atoms with van der Waals surface area (Å²) in [4.78, 5) is 15.4. The maximum Gasteiger partial charge on any atom is 0.407 e. The Kier molecular flexibility index (Phi) is 9.44. The molecule has 0 spiro atoms. The zero-order valence-electron chi connectivity index (χ0n) is 23.3. The number of piperazine rings is 1. The topological polar surface area (TPSA) is 80.7 Å². The molecule has 1 atom stereocenters. The highest BCUT2D eigenvalue weighted by Gasteiger charge is 2.30. The van der Waals surface area contributed by atoms with Crippen molar-refractivity contribution in [3.05, 3.63) is 96.6 Å². The number of rotatable bonds is 12. The Bertz CT molecular complexity index is 1430. The van der Waals surface area contributed by atoms with Crippen molar-refractivity contribution in [3.8, 4) is 17.2 Å². The van der Waals surface area contributed by atoms with Gasteiger partial charge in [-0.1, -0.05) is 48.5 Å². The Hall–Kier alpha value is -4.43. The molecule has 0 radical (unpaired) electrons. The molecule has 8 nitrogen and oxygen atoms in total. The number of nitrogens with zero attached hydrogens (tertiary/aromatic N) is 2. The van der Waals surface area contributed by atoms with Gasteiger partial charge in [0.25, 0.3) is 0 Å². The zero-order chi connectivity index (χ0) is 28.4. The first kappa shape index (κ1) is 28.1. The van der Waals surface area contributed by atoms with E-state index < -0.39 is 6.09 Å². The quantitative estimate of drug-likeness (QED) is 0.212. The molecule has 8 heteroatoms. The van der Waals surface area contributed by atoms with E-state index in [9.17, 15) is 9.90 Å². The van der Waals surface area contributed by atoms with Gasteiger partial charge in [-0.3, -0.25) is 0 Å². The Balaban J connectivity index is 1.13. The van der Waals surface area contributed by atoms with Crippen LogP contribution in [0.15, 0.2) is 91.0 Å². The van der Waals surface area contributed by atoms with Crippen molar-refractivity contribution in [2.45, 2.75) is 19.1 Å². The summed E-state index contributed by atoms with van der Waals surface area (Å²) in [6.07, 6.45) is -0.140. The lowest BCUT2D eigenvalue weighted by atomic mass is 10.1. The third-order valence-corrected chi connectivity index (χ3v) is 7.24. The third kappa shape index (κ3) is 7.41. The predicted molar refractivity (Wildman–Crippen MR) is 159 cm³/mol. The van der Waals surface area contributed by atoms with Crippen LogP contribution in [0.1, 0.15) is 12.0 Å². The molecule has 1 fully saturated rings. The van der Waals surface area contributed by atoms with E-state index >= 15 is 0 Å². The van der Waals surface area contributed by atoms with Gasteiger partial charge >= 0.3 is 6.09 Å². The van der Waals surface area contributed by atoms with E-state index in [1.807, 2.05) is 78.9 Å². The Morgan fingerprint density at radius 3 is 2.41 bits per heavy atom. The minimum atomic E-state index is -0.906. The van der Waals surface area contributed by atoms with Crippen LogP contribution in [0, 0.1) is 0 Å². The number of anilines is 1. The van der Waals surface area contributed by atoms with E-state index in [4.69, 9.17) is 18.9 Å². The highest BCUT2D eigenvalue weighted by molar-refractivity contribution is 5.83. The van der Waals surface area contributed by atoms with Crippen LogP contribution in [0.5, 0.6) is 17.2 Å². The molecule has 0 saturated carbocycles. The zero-order valence-corrected chi connectivity index (χ0v) is 23.3. The van der Waals surface area contributed by atoms with Crippen molar-refractivity contribution in [3.63, 3.8) is 0 Å². The lowest BCUT2D eigenvalue weighted by Gasteiger charge is -2.41. The summed E-state index contributed by atoms with van der Waals surface area (Å²) in [6.45, 7) is 3.40. The van der Waals surface area contributed by atoms with Crippen LogP contribution in [0.3, 0.4) is 0 Å². The monoisotopic (exact) mass is 556 g/mol. The number of carboxylic acid groups (broad SMARTS) is 1. The maximum absolute atomic E-state index is 11.7. The van der Waals surface area contributed by atoms with Gasteiger partial charge in [0.15, 0.2) is 0 Å². The summed E-state index contributed by atoms with van der Waals surface area (Å²) in [5.41, 5.74) is 2.03. The van der Waals surface area contributed by atoms with Gasteiger partial charge in [-0.25, -0.2) is 4.79 Å². The number of fused-ring (bicyclic) bond motifs is 1. The molecule has 1 saturated heterocycles. The number of para-hydroxylation sites is 1. The van der Waals surface area contributed by atoms with Crippen molar-refractivity contribution in [1.82, 2.24) is 4.90 Å². The van der Waals surface area contributed by atoms with E-state index in [0.717, 1.165) is 45.7 Å². The van der Waals surface area contributed by atoms with E-state index in [1.165, 1.54) is 4.90 Å². The summed E-state index contributed by atoms with van der Waals surface area (Å²) in [6, 6.07) is 29.8. The second-order valence-electron chi connectivity index (χ2n) is 9.96. The fraction of sp³-hybridized carbons (Fsp3) is 0.303. The molecule has 1 amide bonds. The molecule has 1 heterocycles. The van der Waals surface area contributed by atoms with Crippen LogP contribution in [-0.2, 0) is 11.3 Å². The summed E-state index contributed by atoms with van der Waals surface area (Å²) >= 11 is 0. The molecule has 214 valence electrons. The highest BCUT2D eigenvalue weighted by atomic mass is 16.5. The fourth-order valence-electron chi connectivity index (χ4n) is 5.05. The first-order valence-electron chi connectivity index (χ1n) is 13.9. The number of carbonyl (C=O) groups is 1. The smallest absolute Gasteiger partial charge is 0.407 e. The Morgan fingerprint density at radius 1 is 0.854 bits per heavy atom. The van der Waals surface area contributed by atoms with E-state index in [2.05, 4.69) is 17.0 Å². The second kappa shape index (κ2) is 13.8. The SMILES string of the molecule is COc1ccccc1COCCCOc1ccc(N2CCN(C(=O)O)C[C@@H]2COc2ccc3ccccc3c2)cc1. The average Bonchev–Trinajstić information content (AvgIpc) is 3.02.